The van der Waals surface area contributed by atoms with E-state index in [0.717, 1.165) is 17.5 Å². The first-order valence-corrected chi connectivity index (χ1v) is 9.50. The summed E-state index contributed by atoms with van der Waals surface area (Å²) in [5.41, 5.74) is 1.72. The van der Waals surface area contributed by atoms with Crippen molar-refractivity contribution in [3.05, 3.63) is 35.7 Å². The maximum absolute atomic E-state index is 11.9. The molecule has 0 atom stereocenters. The zero-order valence-electron chi connectivity index (χ0n) is 12.4. The molecule has 1 heterocycles. The number of sulfone groups is 1. The van der Waals surface area contributed by atoms with Gasteiger partial charge in [0, 0.05) is 18.2 Å². The number of hydrogen-bond acceptors (Lipinski definition) is 5. The Morgan fingerprint density at radius 3 is 2.45 bits per heavy atom. The number of aromatic nitrogens is 2. The van der Waals surface area contributed by atoms with Crippen molar-refractivity contribution in [3.63, 3.8) is 0 Å². The Balaban J connectivity index is 1.58. The highest BCUT2D eigenvalue weighted by molar-refractivity contribution is 7.92. The van der Waals surface area contributed by atoms with E-state index < -0.39 is 14.6 Å². The van der Waals surface area contributed by atoms with E-state index in [1.165, 1.54) is 19.1 Å². The van der Waals surface area contributed by atoms with Gasteiger partial charge in [0.05, 0.1) is 4.75 Å². The third kappa shape index (κ3) is 2.35. The molecule has 2 aliphatic rings. The molecule has 0 unspecified atom stereocenters. The molecule has 2 aromatic rings. The van der Waals surface area contributed by atoms with Crippen LogP contribution in [0.4, 0.5) is 0 Å². The van der Waals surface area contributed by atoms with Crippen LogP contribution in [-0.4, -0.2) is 24.8 Å². The maximum atomic E-state index is 11.9. The van der Waals surface area contributed by atoms with E-state index >= 15 is 0 Å². The molecule has 5 nitrogen and oxygen atoms in total. The third-order valence-electron chi connectivity index (χ3n) is 4.71. The minimum Gasteiger partial charge on any atom is -0.339 e. The van der Waals surface area contributed by atoms with E-state index in [9.17, 15) is 8.42 Å². The molecule has 0 N–H and O–H groups in total. The van der Waals surface area contributed by atoms with Crippen molar-refractivity contribution in [1.82, 2.24) is 10.1 Å². The largest absolute Gasteiger partial charge is 0.339 e. The molecule has 0 radical (unpaired) electrons. The van der Waals surface area contributed by atoms with Gasteiger partial charge in [-0.1, -0.05) is 29.4 Å². The van der Waals surface area contributed by atoms with Gasteiger partial charge in [0.25, 0.3) is 0 Å². The summed E-state index contributed by atoms with van der Waals surface area (Å²) in [5.74, 6) is 1.97. The summed E-state index contributed by atoms with van der Waals surface area (Å²) in [5, 5.41) is 4.02. The Bertz CT molecular complexity index is 800. The summed E-state index contributed by atoms with van der Waals surface area (Å²) in [6.45, 7) is 0. The van der Waals surface area contributed by atoms with Crippen molar-refractivity contribution in [1.29, 1.82) is 0 Å². The summed E-state index contributed by atoms with van der Waals surface area (Å²) in [6, 6.07) is 7.51. The first-order valence-electron chi connectivity index (χ1n) is 7.61. The Hall–Kier alpha value is -1.69. The number of rotatable bonds is 5. The Labute approximate surface area is 129 Å². The molecule has 116 valence electrons. The van der Waals surface area contributed by atoms with Gasteiger partial charge in [-0.25, -0.2) is 8.42 Å². The van der Waals surface area contributed by atoms with E-state index in [2.05, 4.69) is 10.1 Å². The fourth-order valence-corrected chi connectivity index (χ4v) is 4.34. The third-order valence-corrected chi connectivity index (χ3v) is 6.77. The first kappa shape index (κ1) is 13.9. The van der Waals surface area contributed by atoms with Gasteiger partial charge in [-0.15, -0.1) is 0 Å². The summed E-state index contributed by atoms with van der Waals surface area (Å²) < 4.78 is 28.5. The van der Waals surface area contributed by atoms with E-state index in [4.69, 9.17) is 4.52 Å². The molecule has 2 saturated carbocycles. The van der Waals surface area contributed by atoms with Crippen LogP contribution in [-0.2, 0) is 21.0 Å². The van der Waals surface area contributed by atoms with Gasteiger partial charge in [0.2, 0.25) is 11.7 Å². The lowest BCUT2D eigenvalue weighted by atomic mass is 10.1. The highest BCUT2D eigenvalue weighted by Crippen LogP contribution is 2.52. The van der Waals surface area contributed by atoms with Gasteiger partial charge in [-0.3, -0.25) is 0 Å². The van der Waals surface area contributed by atoms with Gasteiger partial charge in [-0.05, 0) is 37.2 Å². The summed E-state index contributed by atoms with van der Waals surface area (Å²) in [4.78, 5) is 4.42. The molecule has 0 spiro atoms. The van der Waals surface area contributed by atoms with Gasteiger partial charge in [0.1, 0.15) is 0 Å². The molecule has 4 rings (SSSR count). The SMILES string of the molecule is CS(=O)(=O)C1(c2ccc(-c3noc(CC4CC4)n3)cc2)CC1. The molecule has 2 fully saturated rings. The van der Waals surface area contributed by atoms with Crippen LogP contribution in [0, 0.1) is 5.92 Å². The fraction of sp³-hybridized carbons (Fsp3) is 0.500. The summed E-state index contributed by atoms with van der Waals surface area (Å²) in [6.07, 6.45) is 6.09. The first-order chi connectivity index (χ1) is 10.5. The molecule has 0 amide bonds. The van der Waals surface area contributed by atoms with Gasteiger partial charge in [0.15, 0.2) is 9.84 Å². The molecule has 0 bridgehead atoms. The van der Waals surface area contributed by atoms with Gasteiger partial charge in [-0.2, -0.15) is 4.98 Å². The number of nitrogens with zero attached hydrogens (tertiary/aromatic N) is 2. The number of hydrogen-bond donors (Lipinski definition) is 0. The average Bonchev–Trinajstić information content (AvgIpc) is 3.37. The summed E-state index contributed by atoms with van der Waals surface area (Å²) in [7, 11) is -3.07. The smallest absolute Gasteiger partial charge is 0.227 e. The second-order valence-electron chi connectivity index (χ2n) is 6.50. The van der Waals surface area contributed by atoms with Crippen LogP contribution in [0.25, 0.3) is 11.4 Å². The molecule has 2 aliphatic carbocycles. The molecule has 1 aromatic carbocycles. The van der Waals surface area contributed by atoms with Gasteiger partial charge >= 0.3 is 0 Å². The van der Waals surface area contributed by atoms with Crippen molar-refractivity contribution >= 4 is 9.84 Å². The average molecular weight is 318 g/mol. The molecule has 0 saturated heterocycles. The minimum atomic E-state index is -3.07. The highest BCUT2D eigenvalue weighted by Gasteiger charge is 2.53. The topological polar surface area (TPSA) is 73.1 Å². The quantitative estimate of drug-likeness (QED) is 0.847. The Morgan fingerprint density at radius 1 is 1.23 bits per heavy atom. The minimum absolute atomic E-state index is 0.575. The van der Waals surface area contributed by atoms with E-state index in [1.807, 2.05) is 24.3 Å². The maximum Gasteiger partial charge on any atom is 0.227 e. The molecular formula is C16H18N2O3S. The van der Waals surface area contributed by atoms with Crippen LogP contribution in [0.15, 0.2) is 28.8 Å². The highest BCUT2D eigenvalue weighted by atomic mass is 32.2. The van der Waals surface area contributed by atoms with Crippen LogP contribution in [0.2, 0.25) is 0 Å². The lowest BCUT2D eigenvalue weighted by Gasteiger charge is -2.13. The van der Waals surface area contributed by atoms with Crippen molar-refractivity contribution in [2.24, 2.45) is 5.92 Å². The fourth-order valence-electron chi connectivity index (χ4n) is 2.93. The second kappa shape index (κ2) is 4.65. The lowest BCUT2D eigenvalue weighted by molar-refractivity contribution is 0.373. The van der Waals surface area contributed by atoms with E-state index in [-0.39, 0.29) is 0 Å². The van der Waals surface area contributed by atoms with Crippen LogP contribution < -0.4 is 0 Å². The Morgan fingerprint density at radius 2 is 1.91 bits per heavy atom. The van der Waals surface area contributed by atoms with E-state index in [1.54, 1.807) is 0 Å². The zero-order chi connectivity index (χ0) is 15.4. The van der Waals surface area contributed by atoms with Crippen LogP contribution in [0.5, 0.6) is 0 Å². The number of benzene rings is 1. The van der Waals surface area contributed by atoms with Crippen molar-refractivity contribution < 1.29 is 12.9 Å². The predicted molar refractivity (Wildman–Crippen MR) is 81.9 cm³/mol. The molecule has 22 heavy (non-hydrogen) atoms. The zero-order valence-corrected chi connectivity index (χ0v) is 13.3. The van der Waals surface area contributed by atoms with E-state index in [0.29, 0.717) is 30.5 Å². The molecule has 6 heteroatoms. The monoisotopic (exact) mass is 318 g/mol. The van der Waals surface area contributed by atoms with Crippen LogP contribution in [0.3, 0.4) is 0 Å². The lowest BCUT2D eigenvalue weighted by Crippen LogP contribution is -2.19. The predicted octanol–water partition coefficient (Wildman–Crippen LogP) is 2.72. The van der Waals surface area contributed by atoms with Crippen molar-refractivity contribution in [2.75, 3.05) is 6.26 Å². The van der Waals surface area contributed by atoms with Gasteiger partial charge < -0.3 is 4.52 Å². The Kier molecular flexibility index (Phi) is 2.95. The molecular weight excluding hydrogens is 300 g/mol. The summed E-state index contributed by atoms with van der Waals surface area (Å²) >= 11 is 0. The van der Waals surface area contributed by atoms with Crippen molar-refractivity contribution in [3.8, 4) is 11.4 Å². The second-order valence-corrected chi connectivity index (χ2v) is 8.83. The van der Waals surface area contributed by atoms with Crippen LogP contribution >= 0.6 is 0 Å². The molecule has 1 aromatic heterocycles. The standard InChI is InChI=1S/C16H18N2O3S/c1-22(19,20)16(8-9-16)13-6-4-12(5-7-13)15-17-14(21-18-15)10-11-2-3-11/h4-7,11H,2-3,8-10H2,1H3. The normalized spacial score (nSPS) is 20.0. The van der Waals surface area contributed by atoms with Crippen molar-refractivity contribution in [2.45, 2.75) is 36.9 Å². The molecule has 0 aliphatic heterocycles. The van der Waals surface area contributed by atoms with Crippen LogP contribution in [0.1, 0.15) is 37.1 Å².